The zero-order chi connectivity index (χ0) is 13.0. The van der Waals surface area contributed by atoms with E-state index in [1.165, 1.54) is 23.9 Å². The van der Waals surface area contributed by atoms with Gasteiger partial charge in [-0.2, -0.15) is 0 Å². The Morgan fingerprint density at radius 1 is 1.47 bits per heavy atom. The van der Waals surface area contributed by atoms with Crippen LogP contribution in [-0.2, 0) is 4.74 Å². The number of rotatable bonds is 4. The quantitative estimate of drug-likeness (QED) is 0.358. The number of benzene rings is 1. The highest BCUT2D eigenvalue weighted by molar-refractivity contribution is 7.98. The molecule has 0 aliphatic heterocycles. The average molecular weight is 255 g/mol. The maximum Gasteiger partial charge on any atom is 0.338 e. The highest BCUT2D eigenvalue weighted by atomic mass is 32.2. The molecular weight excluding hydrogens is 242 g/mol. The molecule has 1 rings (SSSR count). The minimum absolute atomic E-state index is 0.0734. The number of esters is 1. The van der Waals surface area contributed by atoms with Crippen molar-refractivity contribution in [3.05, 3.63) is 33.9 Å². The minimum atomic E-state index is -0.546. The van der Waals surface area contributed by atoms with Crippen molar-refractivity contribution >= 4 is 23.4 Å². The lowest BCUT2D eigenvalue weighted by molar-refractivity contribution is -0.387. The molecule has 0 saturated carbocycles. The molecule has 1 aromatic carbocycles. The van der Waals surface area contributed by atoms with E-state index in [0.29, 0.717) is 4.90 Å². The molecule has 0 aliphatic carbocycles. The maximum atomic E-state index is 11.6. The van der Waals surface area contributed by atoms with Crippen LogP contribution in [-0.4, -0.2) is 23.3 Å². The Labute approximate surface area is 103 Å². The minimum Gasteiger partial charge on any atom is -0.459 e. The summed E-state index contributed by atoms with van der Waals surface area (Å²) in [5.74, 6) is -0.546. The molecule has 0 radical (unpaired) electrons. The number of thioether (sulfide) groups is 1. The molecule has 0 bridgehead atoms. The Hall–Kier alpha value is -1.56. The van der Waals surface area contributed by atoms with E-state index in [1.54, 1.807) is 26.2 Å². The molecule has 0 heterocycles. The third kappa shape index (κ3) is 3.45. The first kappa shape index (κ1) is 13.5. The molecule has 1 aromatic rings. The molecule has 0 amide bonds. The van der Waals surface area contributed by atoms with Gasteiger partial charge in [-0.25, -0.2) is 4.79 Å². The van der Waals surface area contributed by atoms with Crippen molar-refractivity contribution in [2.45, 2.75) is 24.8 Å². The van der Waals surface area contributed by atoms with Crippen LogP contribution < -0.4 is 0 Å². The lowest BCUT2D eigenvalue weighted by Crippen LogP contribution is -2.11. The smallest absolute Gasteiger partial charge is 0.338 e. The summed E-state index contributed by atoms with van der Waals surface area (Å²) in [6.45, 7) is 3.45. The lowest BCUT2D eigenvalue weighted by Gasteiger charge is -2.08. The largest absolute Gasteiger partial charge is 0.459 e. The van der Waals surface area contributed by atoms with Gasteiger partial charge in [0.25, 0.3) is 5.69 Å². The molecule has 0 atom stereocenters. The van der Waals surface area contributed by atoms with Gasteiger partial charge in [-0.05, 0) is 32.2 Å². The van der Waals surface area contributed by atoms with Crippen LogP contribution in [0.2, 0.25) is 0 Å². The van der Waals surface area contributed by atoms with Crippen molar-refractivity contribution in [2.24, 2.45) is 0 Å². The van der Waals surface area contributed by atoms with E-state index in [2.05, 4.69) is 0 Å². The van der Waals surface area contributed by atoms with E-state index in [-0.39, 0.29) is 17.4 Å². The van der Waals surface area contributed by atoms with Crippen LogP contribution in [0.1, 0.15) is 24.2 Å². The van der Waals surface area contributed by atoms with Crippen LogP contribution in [0.5, 0.6) is 0 Å². The molecule has 0 fully saturated rings. The van der Waals surface area contributed by atoms with Gasteiger partial charge in [-0.15, -0.1) is 11.8 Å². The molecule has 0 aromatic heterocycles. The van der Waals surface area contributed by atoms with Crippen LogP contribution in [0, 0.1) is 10.1 Å². The topological polar surface area (TPSA) is 69.4 Å². The van der Waals surface area contributed by atoms with Gasteiger partial charge in [0.1, 0.15) is 0 Å². The van der Waals surface area contributed by atoms with Gasteiger partial charge in [-0.1, -0.05) is 0 Å². The van der Waals surface area contributed by atoms with Gasteiger partial charge in [0, 0.05) is 6.07 Å². The molecule has 0 saturated heterocycles. The standard InChI is InChI=1S/C11H13NO4S/c1-7(2)16-11(13)8-4-5-10(17-3)9(6-8)12(14)15/h4-7H,1-3H3. The van der Waals surface area contributed by atoms with Gasteiger partial charge >= 0.3 is 5.97 Å². The third-order valence-corrected chi connectivity index (χ3v) is 2.74. The van der Waals surface area contributed by atoms with Crippen LogP contribution >= 0.6 is 11.8 Å². The van der Waals surface area contributed by atoms with Gasteiger partial charge in [-0.3, -0.25) is 10.1 Å². The van der Waals surface area contributed by atoms with Crippen LogP contribution in [0.3, 0.4) is 0 Å². The number of nitro groups is 1. The van der Waals surface area contributed by atoms with E-state index >= 15 is 0 Å². The first-order valence-corrected chi connectivity index (χ1v) is 6.21. The summed E-state index contributed by atoms with van der Waals surface area (Å²) >= 11 is 1.26. The van der Waals surface area contributed by atoms with E-state index in [4.69, 9.17) is 4.74 Å². The molecule has 92 valence electrons. The third-order valence-electron chi connectivity index (χ3n) is 1.95. The molecule has 17 heavy (non-hydrogen) atoms. The van der Waals surface area contributed by atoms with Crippen molar-refractivity contribution < 1.29 is 14.5 Å². The summed E-state index contributed by atoms with van der Waals surface area (Å²) in [4.78, 5) is 22.4. The number of nitro benzene ring substituents is 1. The molecule has 5 nitrogen and oxygen atoms in total. The number of carbonyl (C=O) groups excluding carboxylic acids is 1. The average Bonchev–Trinajstić information content (AvgIpc) is 2.27. The monoisotopic (exact) mass is 255 g/mol. The van der Waals surface area contributed by atoms with Gasteiger partial charge < -0.3 is 4.74 Å². The van der Waals surface area contributed by atoms with Crippen molar-refractivity contribution in [3.8, 4) is 0 Å². The normalized spacial score (nSPS) is 10.4. The summed E-state index contributed by atoms with van der Waals surface area (Å²) in [7, 11) is 0. The first-order chi connectivity index (χ1) is 7.95. The van der Waals surface area contributed by atoms with Crippen LogP contribution in [0.15, 0.2) is 23.1 Å². The summed E-state index contributed by atoms with van der Waals surface area (Å²) < 4.78 is 4.98. The fourth-order valence-corrected chi connectivity index (χ4v) is 1.79. The number of ether oxygens (including phenoxy) is 1. The zero-order valence-corrected chi connectivity index (χ0v) is 10.6. The van der Waals surface area contributed by atoms with Gasteiger partial charge in [0.05, 0.1) is 21.5 Å². The second-order valence-electron chi connectivity index (χ2n) is 3.60. The van der Waals surface area contributed by atoms with Gasteiger partial charge in [0.15, 0.2) is 0 Å². The second kappa shape index (κ2) is 5.67. The fourth-order valence-electron chi connectivity index (χ4n) is 1.24. The zero-order valence-electron chi connectivity index (χ0n) is 9.80. The Morgan fingerprint density at radius 3 is 2.59 bits per heavy atom. The van der Waals surface area contributed by atoms with E-state index in [1.807, 2.05) is 0 Å². The predicted molar refractivity (Wildman–Crippen MR) is 65.4 cm³/mol. The number of hydrogen-bond acceptors (Lipinski definition) is 5. The summed E-state index contributed by atoms with van der Waals surface area (Å²) in [5.41, 5.74) is 0.124. The van der Waals surface area contributed by atoms with E-state index < -0.39 is 10.9 Å². The highest BCUT2D eigenvalue weighted by Gasteiger charge is 2.18. The van der Waals surface area contributed by atoms with Crippen molar-refractivity contribution in [3.63, 3.8) is 0 Å². The van der Waals surface area contributed by atoms with Crippen molar-refractivity contribution in [1.29, 1.82) is 0 Å². The fraction of sp³-hybridized carbons (Fsp3) is 0.364. The molecule has 0 aliphatic rings. The summed E-state index contributed by atoms with van der Waals surface area (Å²) in [6.07, 6.45) is 1.50. The molecule has 0 spiro atoms. The number of nitrogens with zero attached hydrogens (tertiary/aromatic N) is 1. The first-order valence-electron chi connectivity index (χ1n) is 4.99. The number of hydrogen-bond donors (Lipinski definition) is 0. The van der Waals surface area contributed by atoms with Crippen LogP contribution in [0.4, 0.5) is 5.69 Å². The van der Waals surface area contributed by atoms with E-state index in [9.17, 15) is 14.9 Å². The molecule has 0 N–H and O–H groups in total. The van der Waals surface area contributed by atoms with Gasteiger partial charge in [0.2, 0.25) is 0 Å². The molecular formula is C11H13NO4S. The lowest BCUT2D eigenvalue weighted by atomic mass is 10.2. The number of carbonyl (C=O) groups is 1. The van der Waals surface area contributed by atoms with Crippen LogP contribution in [0.25, 0.3) is 0 Å². The highest BCUT2D eigenvalue weighted by Crippen LogP contribution is 2.28. The van der Waals surface area contributed by atoms with Crippen molar-refractivity contribution in [1.82, 2.24) is 0 Å². The second-order valence-corrected chi connectivity index (χ2v) is 4.45. The molecule has 6 heteroatoms. The van der Waals surface area contributed by atoms with Crippen molar-refractivity contribution in [2.75, 3.05) is 6.26 Å². The maximum absolute atomic E-state index is 11.6. The Morgan fingerprint density at radius 2 is 2.12 bits per heavy atom. The Bertz CT molecular complexity index is 445. The summed E-state index contributed by atoms with van der Waals surface area (Å²) in [5, 5.41) is 10.8. The molecule has 0 unspecified atom stereocenters. The Kier molecular flexibility index (Phi) is 4.51. The Balaban J connectivity index is 3.08. The SMILES string of the molecule is CSc1ccc(C(=O)OC(C)C)cc1[N+](=O)[O-]. The summed E-state index contributed by atoms with van der Waals surface area (Å²) in [6, 6.07) is 4.33. The predicted octanol–water partition coefficient (Wildman–Crippen LogP) is 2.88. The van der Waals surface area contributed by atoms with E-state index in [0.717, 1.165) is 0 Å².